The monoisotopic (exact) mass is 241 g/mol. The predicted molar refractivity (Wildman–Crippen MR) is 67.4 cm³/mol. The molecule has 1 aromatic heterocycles. The summed E-state index contributed by atoms with van der Waals surface area (Å²) in [6, 6.07) is 1.83. The molecule has 1 heterocycles. The molecule has 16 heavy (non-hydrogen) atoms. The van der Waals surface area contributed by atoms with E-state index in [1.807, 2.05) is 19.5 Å². The first-order chi connectivity index (χ1) is 7.52. The zero-order valence-corrected chi connectivity index (χ0v) is 10.8. The molecule has 3 N–H and O–H groups in total. The lowest BCUT2D eigenvalue weighted by atomic mass is 10.1. The van der Waals surface area contributed by atoms with E-state index in [-0.39, 0.29) is 11.9 Å². The van der Waals surface area contributed by atoms with Crippen LogP contribution in [0.2, 0.25) is 0 Å². The topological polar surface area (TPSA) is 58.4 Å². The van der Waals surface area contributed by atoms with Gasteiger partial charge in [0.2, 0.25) is 5.91 Å². The number of thiophene rings is 1. The Hall–Kier alpha value is -0.910. The first-order valence-electron chi connectivity index (χ1n) is 5.24. The third kappa shape index (κ3) is 3.59. The van der Waals surface area contributed by atoms with Gasteiger partial charge in [0.05, 0.1) is 12.1 Å². The van der Waals surface area contributed by atoms with E-state index in [9.17, 15) is 4.79 Å². The van der Waals surface area contributed by atoms with Gasteiger partial charge in [0, 0.05) is 6.54 Å². The second-order valence-electron chi connectivity index (χ2n) is 4.07. The van der Waals surface area contributed by atoms with Crippen molar-refractivity contribution in [3.05, 3.63) is 22.4 Å². The maximum atomic E-state index is 11.4. The van der Waals surface area contributed by atoms with Crippen molar-refractivity contribution in [2.45, 2.75) is 19.0 Å². The number of hydrogen-bond donors (Lipinski definition) is 2. The molecule has 0 spiro atoms. The molecule has 0 aliphatic heterocycles. The van der Waals surface area contributed by atoms with Crippen LogP contribution < -0.4 is 11.1 Å². The summed E-state index contributed by atoms with van der Waals surface area (Å²) >= 11 is 1.66. The lowest BCUT2D eigenvalue weighted by Crippen LogP contribution is -2.42. The molecule has 4 nitrogen and oxygen atoms in total. The summed E-state index contributed by atoms with van der Waals surface area (Å²) < 4.78 is 0. The number of nitrogens with two attached hydrogens (primary N) is 1. The quantitative estimate of drug-likeness (QED) is 0.802. The number of likely N-dealkylation sites (N-methyl/N-ethyl adjacent to an activating group) is 1. The normalized spacial score (nSPS) is 14.8. The van der Waals surface area contributed by atoms with Crippen LogP contribution in [0.25, 0.3) is 0 Å². The lowest BCUT2D eigenvalue weighted by Gasteiger charge is -2.24. The third-order valence-corrected chi connectivity index (χ3v) is 3.14. The second-order valence-corrected chi connectivity index (χ2v) is 4.85. The van der Waals surface area contributed by atoms with E-state index in [0.29, 0.717) is 6.54 Å². The lowest BCUT2D eigenvalue weighted by molar-refractivity contribution is -0.122. The average molecular weight is 241 g/mol. The minimum atomic E-state index is -0.453. The number of hydrogen-bond acceptors (Lipinski definition) is 4. The summed E-state index contributed by atoms with van der Waals surface area (Å²) in [5.41, 5.74) is 6.72. The Morgan fingerprint density at radius 1 is 1.62 bits per heavy atom. The van der Waals surface area contributed by atoms with Gasteiger partial charge in [-0.05, 0) is 43.4 Å². The smallest absolute Gasteiger partial charge is 0.236 e. The van der Waals surface area contributed by atoms with Gasteiger partial charge in [0.1, 0.15) is 0 Å². The number of amides is 1. The molecule has 5 heteroatoms. The molecule has 2 atom stereocenters. The van der Waals surface area contributed by atoms with Crippen molar-refractivity contribution < 1.29 is 4.79 Å². The molecule has 1 amide bonds. The molecule has 0 aromatic carbocycles. The molecule has 0 saturated heterocycles. The van der Waals surface area contributed by atoms with Crippen molar-refractivity contribution in [2.75, 3.05) is 20.6 Å². The van der Waals surface area contributed by atoms with E-state index in [1.165, 1.54) is 5.56 Å². The minimum Gasteiger partial charge on any atom is -0.353 e. The first kappa shape index (κ1) is 13.2. The fourth-order valence-corrected chi connectivity index (χ4v) is 2.13. The zero-order valence-electron chi connectivity index (χ0n) is 9.93. The molecular weight excluding hydrogens is 222 g/mol. The van der Waals surface area contributed by atoms with Gasteiger partial charge in [-0.25, -0.2) is 0 Å². The van der Waals surface area contributed by atoms with Crippen molar-refractivity contribution in [2.24, 2.45) is 5.73 Å². The van der Waals surface area contributed by atoms with Crippen LogP contribution in [0.15, 0.2) is 16.8 Å². The van der Waals surface area contributed by atoms with Crippen molar-refractivity contribution in [1.29, 1.82) is 0 Å². The standard InChI is InChI=1S/C11H19N3OS/c1-8(12)11(15)13-6-10(14(2)3)9-4-5-16-7-9/h4-5,7-8,10H,6,12H2,1-3H3,(H,13,15)/t8-,10?/m0/s1. The Balaban J connectivity index is 2.57. The summed E-state index contributed by atoms with van der Waals surface area (Å²) in [7, 11) is 4.00. The second kappa shape index (κ2) is 5.98. The number of nitrogens with one attached hydrogen (secondary N) is 1. The Morgan fingerprint density at radius 3 is 2.75 bits per heavy atom. The molecule has 90 valence electrons. The Kier molecular flexibility index (Phi) is 4.92. The molecule has 0 saturated carbocycles. The van der Waals surface area contributed by atoms with E-state index >= 15 is 0 Å². The Labute approximate surface area is 100 Å². The summed E-state index contributed by atoms with van der Waals surface area (Å²) in [6.45, 7) is 2.27. The van der Waals surface area contributed by atoms with Crippen LogP contribution >= 0.6 is 11.3 Å². The fraction of sp³-hybridized carbons (Fsp3) is 0.545. The van der Waals surface area contributed by atoms with Crippen LogP contribution in [0, 0.1) is 0 Å². The molecule has 0 radical (unpaired) electrons. The van der Waals surface area contributed by atoms with E-state index in [2.05, 4.69) is 21.7 Å². The fourth-order valence-electron chi connectivity index (χ4n) is 1.42. The van der Waals surface area contributed by atoms with Crippen molar-refractivity contribution in [1.82, 2.24) is 10.2 Å². The molecule has 0 aliphatic rings. The number of carbonyl (C=O) groups excluding carboxylic acids is 1. The van der Waals surface area contributed by atoms with Gasteiger partial charge in [0.25, 0.3) is 0 Å². The van der Waals surface area contributed by atoms with Gasteiger partial charge in [-0.1, -0.05) is 0 Å². The van der Waals surface area contributed by atoms with Crippen LogP contribution in [-0.2, 0) is 4.79 Å². The SMILES string of the molecule is C[C@H](N)C(=O)NCC(c1ccsc1)N(C)C. The van der Waals surface area contributed by atoms with Gasteiger partial charge >= 0.3 is 0 Å². The van der Waals surface area contributed by atoms with Gasteiger partial charge in [-0.15, -0.1) is 0 Å². The molecule has 1 aromatic rings. The predicted octanol–water partition coefficient (Wildman–Crippen LogP) is 0.814. The molecule has 1 rings (SSSR count). The molecule has 1 unspecified atom stereocenters. The highest BCUT2D eigenvalue weighted by molar-refractivity contribution is 7.07. The highest BCUT2D eigenvalue weighted by Gasteiger charge is 2.16. The molecule has 0 aliphatic carbocycles. The molecule has 0 bridgehead atoms. The van der Waals surface area contributed by atoms with Gasteiger partial charge in [0.15, 0.2) is 0 Å². The Morgan fingerprint density at radius 2 is 2.31 bits per heavy atom. The minimum absolute atomic E-state index is 0.109. The third-order valence-electron chi connectivity index (χ3n) is 2.43. The number of rotatable bonds is 5. The van der Waals surface area contributed by atoms with E-state index in [4.69, 9.17) is 5.73 Å². The molecular formula is C11H19N3OS. The highest BCUT2D eigenvalue weighted by Crippen LogP contribution is 2.19. The van der Waals surface area contributed by atoms with Crippen molar-refractivity contribution >= 4 is 17.2 Å². The summed E-state index contributed by atoms with van der Waals surface area (Å²) in [5, 5.41) is 6.99. The summed E-state index contributed by atoms with van der Waals surface area (Å²) in [4.78, 5) is 13.5. The maximum absolute atomic E-state index is 11.4. The largest absolute Gasteiger partial charge is 0.353 e. The van der Waals surface area contributed by atoms with Crippen LogP contribution in [0.5, 0.6) is 0 Å². The van der Waals surface area contributed by atoms with Gasteiger partial charge < -0.3 is 16.0 Å². The number of carbonyl (C=O) groups is 1. The van der Waals surface area contributed by atoms with Crippen LogP contribution in [0.4, 0.5) is 0 Å². The van der Waals surface area contributed by atoms with Crippen LogP contribution in [0.3, 0.4) is 0 Å². The number of nitrogens with zero attached hydrogens (tertiary/aromatic N) is 1. The average Bonchev–Trinajstić information content (AvgIpc) is 2.70. The Bertz CT molecular complexity index is 322. The van der Waals surface area contributed by atoms with Gasteiger partial charge in [-0.3, -0.25) is 4.79 Å². The van der Waals surface area contributed by atoms with Gasteiger partial charge in [-0.2, -0.15) is 11.3 Å². The van der Waals surface area contributed by atoms with E-state index in [0.717, 1.165) is 0 Å². The highest BCUT2D eigenvalue weighted by atomic mass is 32.1. The van der Waals surface area contributed by atoms with Crippen LogP contribution in [-0.4, -0.2) is 37.5 Å². The zero-order chi connectivity index (χ0) is 12.1. The van der Waals surface area contributed by atoms with Crippen LogP contribution in [0.1, 0.15) is 18.5 Å². The summed E-state index contributed by atoms with van der Waals surface area (Å²) in [5.74, 6) is -0.109. The first-order valence-corrected chi connectivity index (χ1v) is 6.18. The van der Waals surface area contributed by atoms with E-state index in [1.54, 1.807) is 18.3 Å². The molecule has 0 fully saturated rings. The van der Waals surface area contributed by atoms with Crippen molar-refractivity contribution in [3.63, 3.8) is 0 Å². The van der Waals surface area contributed by atoms with Crippen molar-refractivity contribution in [3.8, 4) is 0 Å². The maximum Gasteiger partial charge on any atom is 0.236 e. The van der Waals surface area contributed by atoms with E-state index < -0.39 is 6.04 Å². The summed E-state index contributed by atoms with van der Waals surface area (Å²) in [6.07, 6.45) is 0.